The van der Waals surface area contributed by atoms with Crippen molar-refractivity contribution in [1.29, 1.82) is 0 Å². The van der Waals surface area contributed by atoms with E-state index in [4.69, 9.17) is 11.6 Å². The summed E-state index contributed by atoms with van der Waals surface area (Å²) in [6, 6.07) is 9.60. The zero-order valence-electron chi connectivity index (χ0n) is 15.9. The lowest BCUT2D eigenvalue weighted by molar-refractivity contribution is -0.117. The number of carbonyl (C=O) groups excluding carboxylic acids is 2. The Balaban J connectivity index is 2.13. The minimum absolute atomic E-state index is 0.133. The fourth-order valence-electron chi connectivity index (χ4n) is 2.99. The quantitative estimate of drug-likeness (QED) is 0.806. The molecule has 0 unspecified atom stereocenters. The maximum absolute atomic E-state index is 12.4. The maximum atomic E-state index is 12.4. The van der Waals surface area contributed by atoms with Crippen LogP contribution >= 0.6 is 11.6 Å². The van der Waals surface area contributed by atoms with Crippen LogP contribution in [0, 0.1) is 27.7 Å². The molecule has 0 bridgehead atoms. The first-order chi connectivity index (χ1) is 12.2. The third kappa shape index (κ3) is 4.64. The number of carbonyl (C=O) groups is 2. The lowest BCUT2D eigenvalue weighted by Crippen LogP contribution is -2.32. The lowest BCUT2D eigenvalue weighted by Gasteiger charge is -2.24. The highest BCUT2D eigenvalue weighted by Gasteiger charge is 2.19. The van der Waals surface area contributed by atoms with Gasteiger partial charge in [0.15, 0.2) is 0 Å². The summed E-state index contributed by atoms with van der Waals surface area (Å²) in [5, 5.41) is 3.45. The van der Waals surface area contributed by atoms with Crippen LogP contribution in [0.4, 0.5) is 11.4 Å². The van der Waals surface area contributed by atoms with Crippen molar-refractivity contribution in [2.45, 2.75) is 41.0 Å². The highest BCUT2D eigenvalue weighted by molar-refractivity contribution is 6.34. The van der Waals surface area contributed by atoms with E-state index in [0.717, 1.165) is 27.9 Å². The van der Waals surface area contributed by atoms with E-state index in [1.165, 1.54) is 6.92 Å². The molecule has 0 spiro atoms. The van der Waals surface area contributed by atoms with Crippen LogP contribution in [0.2, 0.25) is 5.02 Å². The van der Waals surface area contributed by atoms with Gasteiger partial charge in [0.25, 0.3) is 0 Å². The van der Waals surface area contributed by atoms with E-state index >= 15 is 0 Å². The van der Waals surface area contributed by atoms with Crippen molar-refractivity contribution < 1.29 is 9.59 Å². The second kappa shape index (κ2) is 8.37. The number of hydrogen-bond acceptors (Lipinski definition) is 2. The van der Waals surface area contributed by atoms with Gasteiger partial charge >= 0.3 is 0 Å². The largest absolute Gasteiger partial charge is 0.326 e. The number of halogens is 1. The second-order valence-corrected chi connectivity index (χ2v) is 7.04. The van der Waals surface area contributed by atoms with Gasteiger partial charge < -0.3 is 10.2 Å². The summed E-state index contributed by atoms with van der Waals surface area (Å²) in [7, 11) is 0. The minimum atomic E-state index is -0.140. The number of hydrogen-bond donors (Lipinski definition) is 1. The topological polar surface area (TPSA) is 49.4 Å². The fourth-order valence-corrected chi connectivity index (χ4v) is 3.41. The van der Waals surface area contributed by atoms with Crippen LogP contribution in [0.25, 0.3) is 0 Å². The van der Waals surface area contributed by atoms with Gasteiger partial charge in [0.05, 0.1) is 10.7 Å². The van der Waals surface area contributed by atoms with E-state index in [0.29, 0.717) is 10.7 Å². The SMILES string of the molecule is CC(=O)N(CCC(=O)Nc1cccc(C)c1C)c1c(C)cc(C)cc1Cl. The zero-order chi connectivity index (χ0) is 19.4. The number of nitrogens with one attached hydrogen (secondary N) is 1. The first-order valence-electron chi connectivity index (χ1n) is 8.61. The van der Waals surface area contributed by atoms with Crippen LogP contribution in [0.5, 0.6) is 0 Å². The first-order valence-corrected chi connectivity index (χ1v) is 8.99. The summed E-state index contributed by atoms with van der Waals surface area (Å²) in [5.74, 6) is -0.274. The van der Waals surface area contributed by atoms with Gasteiger partial charge in [0.2, 0.25) is 11.8 Å². The Bertz CT molecular complexity index is 823. The fraction of sp³-hybridized carbons (Fsp3) is 0.333. The molecule has 0 saturated carbocycles. The van der Waals surface area contributed by atoms with E-state index in [1.807, 2.05) is 58.0 Å². The van der Waals surface area contributed by atoms with Crippen molar-refractivity contribution in [3.05, 3.63) is 57.6 Å². The molecule has 5 heteroatoms. The number of aryl methyl sites for hydroxylation is 3. The summed E-state index contributed by atoms with van der Waals surface area (Å²) in [6.45, 7) is 9.61. The summed E-state index contributed by atoms with van der Waals surface area (Å²) in [4.78, 5) is 26.1. The molecule has 0 atom stereocenters. The molecular weight excluding hydrogens is 348 g/mol. The zero-order valence-corrected chi connectivity index (χ0v) is 16.7. The molecule has 0 aliphatic heterocycles. The predicted octanol–water partition coefficient (Wildman–Crippen LogP) is 4.96. The van der Waals surface area contributed by atoms with Gasteiger partial charge in [0.1, 0.15) is 0 Å². The van der Waals surface area contributed by atoms with Crippen LogP contribution in [0.1, 0.15) is 35.6 Å². The molecule has 0 aromatic heterocycles. The van der Waals surface area contributed by atoms with Crippen molar-refractivity contribution in [2.75, 3.05) is 16.8 Å². The molecular formula is C21H25ClN2O2. The lowest BCUT2D eigenvalue weighted by atomic mass is 10.1. The molecule has 0 aliphatic carbocycles. The minimum Gasteiger partial charge on any atom is -0.326 e. The Kier molecular flexibility index (Phi) is 6.43. The molecule has 2 rings (SSSR count). The van der Waals surface area contributed by atoms with Crippen LogP contribution < -0.4 is 10.2 Å². The average molecular weight is 373 g/mol. The normalized spacial score (nSPS) is 10.5. The van der Waals surface area contributed by atoms with Crippen LogP contribution in [-0.2, 0) is 9.59 Å². The van der Waals surface area contributed by atoms with Crippen molar-refractivity contribution in [2.24, 2.45) is 0 Å². The van der Waals surface area contributed by atoms with Crippen molar-refractivity contribution in [3.8, 4) is 0 Å². The summed E-state index contributed by atoms with van der Waals surface area (Å²) in [5.41, 5.74) is 5.59. The van der Waals surface area contributed by atoms with E-state index < -0.39 is 0 Å². The Morgan fingerprint density at radius 2 is 1.77 bits per heavy atom. The Morgan fingerprint density at radius 1 is 1.08 bits per heavy atom. The molecule has 4 nitrogen and oxygen atoms in total. The van der Waals surface area contributed by atoms with Gasteiger partial charge in [-0.3, -0.25) is 9.59 Å². The van der Waals surface area contributed by atoms with Crippen LogP contribution in [0.3, 0.4) is 0 Å². The van der Waals surface area contributed by atoms with E-state index in [9.17, 15) is 9.59 Å². The molecule has 0 heterocycles. The smallest absolute Gasteiger partial charge is 0.226 e. The molecule has 0 radical (unpaired) electrons. The van der Waals surface area contributed by atoms with Gasteiger partial charge in [-0.2, -0.15) is 0 Å². The van der Waals surface area contributed by atoms with Gasteiger partial charge in [-0.05, 0) is 62.1 Å². The molecule has 0 aliphatic rings. The molecule has 1 N–H and O–H groups in total. The van der Waals surface area contributed by atoms with Gasteiger partial charge in [-0.25, -0.2) is 0 Å². The highest BCUT2D eigenvalue weighted by atomic mass is 35.5. The monoisotopic (exact) mass is 372 g/mol. The molecule has 2 aromatic carbocycles. The van der Waals surface area contributed by atoms with E-state index in [2.05, 4.69) is 5.32 Å². The number of anilines is 2. The standard InChI is InChI=1S/C21H25ClN2O2/c1-13-11-15(3)21(18(22)12-13)24(17(5)25)10-9-20(26)23-19-8-6-7-14(2)16(19)4/h6-8,11-12H,9-10H2,1-5H3,(H,23,26). The van der Waals surface area contributed by atoms with Gasteiger partial charge in [-0.15, -0.1) is 0 Å². The maximum Gasteiger partial charge on any atom is 0.226 e. The Labute approximate surface area is 160 Å². The van der Waals surface area contributed by atoms with Gasteiger partial charge in [0, 0.05) is 25.6 Å². The number of benzene rings is 2. The molecule has 2 amide bonds. The first kappa shape index (κ1) is 20.0. The number of nitrogens with zero attached hydrogens (tertiary/aromatic N) is 1. The van der Waals surface area contributed by atoms with E-state index in [1.54, 1.807) is 4.90 Å². The second-order valence-electron chi connectivity index (χ2n) is 6.63. The van der Waals surface area contributed by atoms with E-state index in [-0.39, 0.29) is 24.8 Å². The molecule has 26 heavy (non-hydrogen) atoms. The third-order valence-electron chi connectivity index (χ3n) is 4.49. The predicted molar refractivity (Wildman–Crippen MR) is 108 cm³/mol. The summed E-state index contributed by atoms with van der Waals surface area (Å²) >= 11 is 6.36. The van der Waals surface area contributed by atoms with Crippen LogP contribution in [-0.4, -0.2) is 18.4 Å². The van der Waals surface area contributed by atoms with Crippen molar-refractivity contribution in [3.63, 3.8) is 0 Å². The molecule has 138 valence electrons. The van der Waals surface area contributed by atoms with Crippen molar-refractivity contribution in [1.82, 2.24) is 0 Å². The molecule has 0 saturated heterocycles. The molecule has 0 fully saturated rings. The number of rotatable bonds is 5. The third-order valence-corrected chi connectivity index (χ3v) is 4.78. The average Bonchev–Trinajstić information content (AvgIpc) is 2.53. The summed E-state index contributed by atoms with van der Waals surface area (Å²) < 4.78 is 0. The van der Waals surface area contributed by atoms with Crippen LogP contribution in [0.15, 0.2) is 30.3 Å². The Morgan fingerprint density at radius 3 is 2.38 bits per heavy atom. The Hall–Kier alpha value is -2.33. The summed E-state index contributed by atoms with van der Waals surface area (Å²) in [6.07, 6.45) is 0.191. The molecule has 2 aromatic rings. The van der Waals surface area contributed by atoms with Gasteiger partial charge in [-0.1, -0.05) is 29.8 Å². The number of amides is 2. The highest BCUT2D eigenvalue weighted by Crippen LogP contribution is 2.31. The van der Waals surface area contributed by atoms with Crippen molar-refractivity contribution >= 4 is 34.8 Å².